The summed E-state index contributed by atoms with van der Waals surface area (Å²) in [6.45, 7) is 13.6. The molecule has 8 aromatic rings. The van der Waals surface area contributed by atoms with Crippen LogP contribution in [0.2, 0.25) is 19.6 Å². The van der Waals surface area contributed by atoms with Gasteiger partial charge in [-0.05, 0) is 92.9 Å². The molecule has 9 rings (SSSR count). The van der Waals surface area contributed by atoms with Crippen LogP contribution in [0, 0.1) is 18.1 Å². The topological polar surface area (TPSA) is 30.7 Å². The fraction of sp³-hybridized carbons (Fsp3) is 0.245. The van der Waals surface area contributed by atoms with Crippen LogP contribution < -0.4 is 5.19 Å². The van der Waals surface area contributed by atoms with Gasteiger partial charge >= 0.3 is 0 Å². The van der Waals surface area contributed by atoms with Gasteiger partial charge in [-0.3, -0.25) is 0 Å². The first kappa shape index (κ1) is 39.9. The van der Waals surface area contributed by atoms with Crippen LogP contribution >= 0.6 is 0 Å². The first-order chi connectivity index (χ1) is 28.0. The van der Waals surface area contributed by atoms with Crippen LogP contribution in [-0.4, -0.2) is 22.6 Å². The third kappa shape index (κ3) is 8.59. The maximum Gasteiger partial charge on any atom is 0.0799 e. The minimum atomic E-state index is -1.39. The van der Waals surface area contributed by atoms with Gasteiger partial charge < -0.3 is 14.5 Å². The predicted octanol–water partition coefficient (Wildman–Crippen LogP) is 13.8. The Morgan fingerprint density at radius 3 is 2.02 bits per heavy atom. The van der Waals surface area contributed by atoms with Crippen molar-refractivity contribution >= 4 is 35.1 Å². The van der Waals surface area contributed by atoms with Crippen molar-refractivity contribution in [1.29, 1.82) is 0 Å². The van der Waals surface area contributed by atoms with Crippen LogP contribution in [0.1, 0.15) is 70.8 Å². The monoisotopic (exact) mass is 953 g/mol. The molecule has 1 fully saturated rings. The number of rotatable bonds is 8. The van der Waals surface area contributed by atoms with Gasteiger partial charge in [-0.2, -0.15) is 0 Å². The van der Waals surface area contributed by atoms with Crippen molar-refractivity contribution in [3.8, 4) is 39.3 Å². The van der Waals surface area contributed by atoms with Crippen LogP contribution in [0.15, 0.2) is 146 Å². The van der Waals surface area contributed by atoms with Gasteiger partial charge in [-0.1, -0.05) is 143 Å². The van der Waals surface area contributed by atoms with E-state index in [-0.39, 0.29) is 20.1 Å². The summed E-state index contributed by atoms with van der Waals surface area (Å²) in [6.07, 6.45) is 9.62. The maximum atomic E-state index is 8.67. The normalized spacial score (nSPS) is 14.1. The Morgan fingerprint density at radius 2 is 1.33 bits per heavy atom. The molecule has 1 aliphatic rings. The Morgan fingerprint density at radius 1 is 0.672 bits per heavy atom. The molecule has 0 N–H and O–H groups in total. The van der Waals surface area contributed by atoms with Gasteiger partial charge in [-0.25, -0.2) is 0 Å². The molecule has 295 valence electrons. The van der Waals surface area contributed by atoms with Gasteiger partial charge in [-0.15, -0.1) is 59.7 Å². The van der Waals surface area contributed by atoms with Crippen LogP contribution in [0.3, 0.4) is 0 Å². The quantitative estimate of drug-likeness (QED) is 0.112. The van der Waals surface area contributed by atoms with E-state index in [1.807, 2.05) is 56.4 Å². The maximum absolute atomic E-state index is 8.67. The number of nitrogens with zero attached hydrogens (tertiary/aromatic N) is 3. The van der Waals surface area contributed by atoms with Crippen molar-refractivity contribution in [2.24, 2.45) is 5.92 Å². The molecule has 0 bridgehead atoms. The number of aromatic nitrogens is 3. The molecule has 1 aliphatic carbocycles. The number of hydrogen-bond acceptors (Lipinski definition) is 2. The largest absolute Gasteiger partial charge is 0.351 e. The number of pyridine rings is 2. The average molecular weight is 953 g/mol. The van der Waals surface area contributed by atoms with E-state index >= 15 is 0 Å². The molecule has 1 atom stereocenters. The Labute approximate surface area is 361 Å². The second-order valence-electron chi connectivity index (χ2n) is 16.8. The van der Waals surface area contributed by atoms with Gasteiger partial charge in [0.15, 0.2) is 0 Å². The summed E-state index contributed by atoms with van der Waals surface area (Å²) in [5.74, 6) is 0.734. The number of benzene rings is 5. The van der Waals surface area contributed by atoms with Crippen molar-refractivity contribution in [2.75, 3.05) is 0 Å². The standard InChI is InChI=1S/C32H25N2.C21H28NSi.Ir/c1-22(2)29-21-33-30(20-27(29)23-11-5-3-6-12-23)24-17-18-32-28(19-24)26-15-9-10-16-31(26)34(32)25-13-7-4-8-14-25;1-16(17-10-8-9-11-17)19-14-20(18-12-6-5-7-13-18)22-15-21(19)23(2,3)4;/h3-16,18-22H,1-2H3;5-7,12,14-17H,8-11H2,1-4H3;/q2*-1;/i22D;;. The summed E-state index contributed by atoms with van der Waals surface area (Å²) in [4.78, 5) is 9.58. The fourth-order valence-electron chi connectivity index (χ4n) is 8.66. The summed E-state index contributed by atoms with van der Waals surface area (Å²) < 4.78 is 11.0. The van der Waals surface area contributed by atoms with Gasteiger partial charge in [0.1, 0.15) is 0 Å². The van der Waals surface area contributed by atoms with Crippen LogP contribution in [0.5, 0.6) is 0 Å². The SMILES string of the molecule is CC(c1cc(-c2[c-]cccc2)ncc1[Si](C)(C)C)C1CCCC1.[2H]C(C)(C)c1cnc(-c2[c-]cc3c(c2)c2ccccc2n3-c2ccccc2)cc1-c1ccccc1.[Ir]. The number of fused-ring (bicyclic) bond motifs is 3. The van der Waals surface area contributed by atoms with E-state index in [0.29, 0.717) is 5.92 Å². The van der Waals surface area contributed by atoms with Crippen LogP contribution in [0.25, 0.3) is 61.1 Å². The third-order valence-electron chi connectivity index (χ3n) is 11.7. The second kappa shape index (κ2) is 17.9. The van der Waals surface area contributed by atoms with E-state index in [4.69, 9.17) is 11.3 Å². The van der Waals surface area contributed by atoms with Crippen LogP contribution in [-0.2, 0) is 20.1 Å². The Bertz CT molecular complexity index is 2660. The predicted molar refractivity (Wildman–Crippen MR) is 244 cm³/mol. The Kier molecular flexibility index (Phi) is 12.3. The Hall–Kier alpha value is -4.93. The van der Waals surface area contributed by atoms with Gasteiger partial charge in [0.25, 0.3) is 0 Å². The molecule has 3 aromatic heterocycles. The average Bonchev–Trinajstić information content (AvgIpc) is 3.91. The molecule has 0 saturated heterocycles. The van der Waals surface area contributed by atoms with E-state index in [1.165, 1.54) is 47.2 Å². The smallest absolute Gasteiger partial charge is 0.0799 e. The first-order valence-corrected chi connectivity index (χ1v) is 24.0. The van der Waals surface area contributed by atoms with Gasteiger partial charge in [0.2, 0.25) is 0 Å². The molecular weight excluding hydrogens is 899 g/mol. The molecule has 1 unspecified atom stereocenters. The fourth-order valence-corrected chi connectivity index (χ4v) is 10.3. The zero-order chi connectivity index (χ0) is 40.4. The molecule has 5 heteroatoms. The van der Waals surface area contributed by atoms with E-state index in [1.54, 1.807) is 5.56 Å². The van der Waals surface area contributed by atoms with Crippen LogP contribution in [0.4, 0.5) is 0 Å². The summed E-state index contributed by atoms with van der Waals surface area (Å²) in [6, 6.07) is 53.0. The minimum absolute atomic E-state index is 0. The molecule has 1 saturated carbocycles. The third-order valence-corrected chi connectivity index (χ3v) is 13.8. The summed E-state index contributed by atoms with van der Waals surface area (Å²) >= 11 is 0. The van der Waals surface area contributed by atoms with Gasteiger partial charge in [0, 0.05) is 45.1 Å². The molecule has 3 heterocycles. The van der Waals surface area contributed by atoms with Crippen molar-refractivity contribution < 1.29 is 21.5 Å². The molecule has 1 radical (unpaired) electrons. The molecule has 5 aromatic carbocycles. The van der Waals surface area contributed by atoms with Crippen molar-refractivity contribution in [1.82, 2.24) is 14.5 Å². The van der Waals surface area contributed by atoms with E-state index in [9.17, 15) is 0 Å². The van der Waals surface area contributed by atoms with Crippen molar-refractivity contribution in [2.45, 2.75) is 77.9 Å². The first-order valence-electron chi connectivity index (χ1n) is 21.0. The molecule has 0 aliphatic heterocycles. The Balaban J connectivity index is 0.000000192. The summed E-state index contributed by atoms with van der Waals surface area (Å²) in [7, 11) is -1.39. The number of hydrogen-bond donors (Lipinski definition) is 0. The number of para-hydroxylation sites is 2. The van der Waals surface area contributed by atoms with E-state index in [0.717, 1.165) is 56.3 Å². The van der Waals surface area contributed by atoms with E-state index < -0.39 is 14.0 Å². The summed E-state index contributed by atoms with van der Waals surface area (Å²) in [5, 5.41) is 3.91. The van der Waals surface area contributed by atoms with Gasteiger partial charge in [0.05, 0.1) is 8.07 Å². The van der Waals surface area contributed by atoms with E-state index in [2.05, 4.69) is 147 Å². The molecule has 58 heavy (non-hydrogen) atoms. The molecular formula is C53H53IrN3Si-2. The second-order valence-corrected chi connectivity index (χ2v) is 21.9. The van der Waals surface area contributed by atoms with Crippen molar-refractivity contribution in [3.63, 3.8) is 0 Å². The molecule has 0 amide bonds. The zero-order valence-corrected chi connectivity index (χ0v) is 37.9. The zero-order valence-electron chi connectivity index (χ0n) is 35.5. The van der Waals surface area contributed by atoms with Crippen molar-refractivity contribution in [3.05, 3.63) is 169 Å². The molecule has 0 spiro atoms. The summed E-state index contributed by atoms with van der Waals surface area (Å²) in [5.41, 5.74) is 12.0. The molecule has 3 nitrogen and oxygen atoms in total. The minimum Gasteiger partial charge on any atom is -0.351 e.